The Morgan fingerprint density at radius 2 is 2.06 bits per heavy atom. The number of nitrogens with two attached hydrogens (primary N) is 1. The lowest BCUT2D eigenvalue weighted by Crippen LogP contribution is -2.31. The van der Waals surface area contributed by atoms with Gasteiger partial charge in [-0.25, -0.2) is 14.7 Å². The Kier molecular flexibility index (Phi) is 6.57. The van der Waals surface area contributed by atoms with E-state index in [1.54, 1.807) is 23.6 Å². The molecule has 4 rings (SSSR count). The fraction of sp³-hybridized carbons (Fsp3) is 0.261. The Bertz CT molecular complexity index is 1280. The van der Waals surface area contributed by atoms with Crippen molar-refractivity contribution in [3.05, 3.63) is 47.3 Å². The number of nitrogens with one attached hydrogen (secondary N) is 1. The van der Waals surface area contributed by atoms with Gasteiger partial charge in [0.1, 0.15) is 11.5 Å². The number of urea groups is 1. The molecule has 0 fully saturated rings. The Morgan fingerprint density at radius 1 is 1.29 bits per heavy atom. The summed E-state index contributed by atoms with van der Waals surface area (Å²) < 4.78 is 51.9. The maximum absolute atomic E-state index is 13.7. The van der Waals surface area contributed by atoms with Crippen molar-refractivity contribution in [3.63, 3.8) is 0 Å². The Balaban J connectivity index is 1.68. The predicted octanol–water partition coefficient (Wildman–Crippen LogP) is 5.41. The zero-order valence-electron chi connectivity index (χ0n) is 18.7. The summed E-state index contributed by atoms with van der Waals surface area (Å²) in [6.07, 6.45) is -4.71. The third kappa shape index (κ3) is 5.32. The second kappa shape index (κ2) is 9.45. The fourth-order valence-electron chi connectivity index (χ4n) is 3.33. The van der Waals surface area contributed by atoms with E-state index in [1.807, 2.05) is 13.8 Å². The summed E-state index contributed by atoms with van der Waals surface area (Å²) in [5, 5.41) is 4.40. The first-order valence-corrected chi connectivity index (χ1v) is 11.4. The quantitative estimate of drug-likeness (QED) is 0.465. The van der Waals surface area contributed by atoms with Gasteiger partial charge < -0.3 is 20.5 Å². The summed E-state index contributed by atoms with van der Waals surface area (Å²) in [7, 11) is 0. The third-order valence-corrected chi connectivity index (χ3v) is 5.74. The van der Waals surface area contributed by atoms with Crippen LogP contribution in [0, 0.1) is 5.92 Å². The summed E-state index contributed by atoms with van der Waals surface area (Å²) in [5.74, 6) is -0.107. The van der Waals surface area contributed by atoms with Crippen molar-refractivity contribution in [3.8, 4) is 22.8 Å². The van der Waals surface area contributed by atoms with E-state index in [2.05, 4.69) is 10.3 Å². The van der Waals surface area contributed by atoms with Crippen LogP contribution in [0.5, 0.6) is 11.5 Å². The topological polar surface area (TPSA) is 107 Å². The van der Waals surface area contributed by atoms with E-state index in [0.29, 0.717) is 22.7 Å². The number of halogens is 3. The number of nitrogens with zero attached hydrogens (tertiary/aromatic N) is 2. The van der Waals surface area contributed by atoms with Gasteiger partial charge in [-0.3, -0.25) is 4.79 Å². The Hall–Kier alpha value is -3.80. The number of fused-ring (bicyclic) bond motifs is 1. The number of hydrogen-bond donors (Lipinski definition) is 2. The highest BCUT2D eigenvalue weighted by Crippen LogP contribution is 2.41. The van der Waals surface area contributed by atoms with Gasteiger partial charge >= 0.3 is 12.2 Å². The number of ether oxygens (including phenoxy) is 2. The third-order valence-electron chi connectivity index (χ3n) is 4.91. The number of amides is 3. The highest BCUT2D eigenvalue weighted by atomic mass is 32.1. The molecule has 0 saturated carbocycles. The van der Waals surface area contributed by atoms with Gasteiger partial charge in [0.2, 0.25) is 0 Å². The maximum atomic E-state index is 13.7. The normalized spacial score (nSPS) is 13.1. The molecule has 8 nitrogen and oxygen atoms in total. The SMILES string of the molecule is CC(C)COc1ccc(N(C(N)=O)c2nc(-c3ccc4c(c3)NC(=O)CO4)cs2)cc1C(F)(F)F. The second-order valence-electron chi connectivity index (χ2n) is 8.12. The van der Waals surface area contributed by atoms with Crippen molar-refractivity contribution < 1.29 is 32.2 Å². The monoisotopic (exact) mass is 506 g/mol. The molecule has 1 aliphatic rings. The molecule has 2 aromatic carbocycles. The highest BCUT2D eigenvalue weighted by Gasteiger charge is 2.36. The van der Waals surface area contributed by atoms with Gasteiger partial charge in [0.15, 0.2) is 11.7 Å². The van der Waals surface area contributed by atoms with Gasteiger partial charge in [0.25, 0.3) is 5.91 Å². The summed E-state index contributed by atoms with van der Waals surface area (Å²) in [5.41, 5.74) is 5.91. The minimum Gasteiger partial charge on any atom is -0.493 e. The Labute approximate surface area is 202 Å². The fourth-order valence-corrected chi connectivity index (χ4v) is 4.19. The first-order chi connectivity index (χ1) is 16.5. The molecule has 1 aromatic heterocycles. The number of alkyl halides is 3. The molecule has 184 valence electrons. The van der Waals surface area contributed by atoms with Crippen molar-refractivity contribution >= 4 is 39.8 Å². The lowest BCUT2D eigenvalue weighted by atomic mass is 10.1. The molecule has 2 heterocycles. The number of benzene rings is 2. The van der Waals surface area contributed by atoms with E-state index in [1.165, 1.54) is 6.07 Å². The van der Waals surface area contributed by atoms with Gasteiger partial charge in [-0.05, 0) is 42.3 Å². The van der Waals surface area contributed by atoms with E-state index in [0.717, 1.165) is 28.4 Å². The van der Waals surface area contributed by atoms with Crippen LogP contribution in [0.25, 0.3) is 11.3 Å². The minimum absolute atomic E-state index is 0.0232. The van der Waals surface area contributed by atoms with Crippen LogP contribution >= 0.6 is 11.3 Å². The standard InChI is InChI=1S/C23H21F3N4O4S/c1-12(2)9-33-18-6-4-14(8-15(18)23(24,25)26)30(21(27)32)22-29-17(11-35-22)13-3-5-19-16(7-13)28-20(31)10-34-19/h3-8,11-12H,9-10H2,1-2H3,(H2,27,32)(H,28,31). The van der Waals surface area contributed by atoms with Crippen molar-refractivity contribution in [2.24, 2.45) is 11.7 Å². The van der Waals surface area contributed by atoms with Gasteiger partial charge in [0.05, 0.1) is 29.2 Å². The van der Waals surface area contributed by atoms with Gasteiger partial charge in [-0.2, -0.15) is 13.2 Å². The molecule has 0 spiro atoms. The van der Waals surface area contributed by atoms with Crippen LogP contribution in [-0.2, 0) is 11.0 Å². The van der Waals surface area contributed by atoms with Crippen LogP contribution in [0.4, 0.5) is 34.5 Å². The lowest BCUT2D eigenvalue weighted by Gasteiger charge is -2.21. The zero-order valence-corrected chi connectivity index (χ0v) is 19.5. The molecule has 0 unspecified atom stereocenters. The summed E-state index contributed by atoms with van der Waals surface area (Å²) in [6.45, 7) is 3.66. The van der Waals surface area contributed by atoms with Crippen molar-refractivity contribution in [2.75, 3.05) is 23.4 Å². The number of rotatable bonds is 6. The predicted molar refractivity (Wildman–Crippen MR) is 125 cm³/mol. The number of aromatic nitrogens is 1. The molecule has 3 N–H and O–H groups in total. The number of carbonyl (C=O) groups is 2. The van der Waals surface area contributed by atoms with Gasteiger partial charge in [0, 0.05) is 10.9 Å². The zero-order chi connectivity index (χ0) is 25.3. The first kappa shape index (κ1) is 24.3. The second-order valence-corrected chi connectivity index (χ2v) is 8.96. The molecule has 3 amide bonds. The minimum atomic E-state index is -4.71. The van der Waals surface area contributed by atoms with Crippen LogP contribution in [0.1, 0.15) is 19.4 Å². The average Bonchev–Trinajstić information content (AvgIpc) is 3.26. The number of hydrogen-bond acceptors (Lipinski definition) is 6. The molecule has 35 heavy (non-hydrogen) atoms. The largest absolute Gasteiger partial charge is 0.493 e. The van der Waals surface area contributed by atoms with E-state index < -0.39 is 17.8 Å². The molecule has 0 atom stereocenters. The highest BCUT2D eigenvalue weighted by molar-refractivity contribution is 7.14. The molecule has 3 aromatic rings. The summed E-state index contributed by atoms with van der Waals surface area (Å²) in [6, 6.07) is 7.34. The lowest BCUT2D eigenvalue weighted by molar-refractivity contribution is -0.139. The van der Waals surface area contributed by atoms with Crippen LogP contribution in [0.3, 0.4) is 0 Å². The number of carbonyl (C=O) groups excluding carboxylic acids is 2. The van der Waals surface area contributed by atoms with Crippen LogP contribution in [0.2, 0.25) is 0 Å². The van der Waals surface area contributed by atoms with E-state index in [-0.39, 0.29) is 41.6 Å². The molecule has 0 saturated heterocycles. The van der Waals surface area contributed by atoms with Crippen LogP contribution in [0.15, 0.2) is 41.8 Å². The maximum Gasteiger partial charge on any atom is 0.420 e. The molecular formula is C23H21F3N4O4S. The van der Waals surface area contributed by atoms with Crippen molar-refractivity contribution in [1.82, 2.24) is 4.98 Å². The van der Waals surface area contributed by atoms with E-state index in [4.69, 9.17) is 15.2 Å². The van der Waals surface area contributed by atoms with Crippen LogP contribution < -0.4 is 25.4 Å². The van der Waals surface area contributed by atoms with Crippen LogP contribution in [-0.4, -0.2) is 30.1 Å². The molecule has 0 radical (unpaired) electrons. The Morgan fingerprint density at radius 3 is 2.74 bits per heavy atom. The van der Waals surface area contributed by atoms with E-state index >= 15 is 0 Å². The van der Waals surface area contributed by atoms with Gasteiger partial charge in [-0.15, -0.1) is 11.3 Å². The summed E-state index contributed by atoms with van der Waals surface area (Å²) in [4.78, 5) is 29.2. The average molecular weight is 507 g/mol. The molecule has 0 aliphatic carbocycles. The van der Waals surface area contributed by atoms with Crippen molar-refractivity contribution in [1.29, 1.82) is 0 Å². The first-order valence-electron chi connectivity index (χ1n) is 10.5. The summed E-state index contributed by atoms with van der Waals surface area (Å²) >= 11 is 1.03. The molecule has 12 heteroatoms. The molecular weight excluding hydrogens is 485 g/mol. The van der Waals surface area contributed by atoms with Crippen molar-refractivity contribution in [2.45, 2.75) is 20.0 Å². The smallest absolute Gasteiger partial charge is 0.420 e. The number of primary amides is 1. The molecule has 0 bridgehead atoms. The van der Waals surface area contributed by atoms with E-state index in [9.17, 15) is 22.8 Å². The molecule has 1 aliphatic heterocycles. The number of anilines is 3. The number of thiazole rings is 1. The van der Waals surface area contributed by atoms with Gasteiger partial charge in [-0.1, -0.05) is 13.8 Å².